The molecule has 1 amide bonds. The summed E-state index contributed by atoms with van der Waals surface area (Å²) in [6.07, 6.45) is 4.44. The summed E-state index contributed by atoms with van der Waals surface area (Å²) in [4.78, 5) is 12.9. The van der Waals surface area contributed by atoms with Crippen LogP contribution < -0.4 is 5.32 Å². The van der Waals surface area contributed by atoms with Crippen LogP contribution in [0.1, 0.15) is 48.5 Å². The highest BCUT2D eigenvalue weighted by molar-refractivity contribution is 7.89. The van der Waals surface area contributed by atoms with E-state index in [9.17, 15) is 13.2 Å². The average Bonchev–Trinajstić information content (AvgIpc) is 2.64. The summed E-state index contributed by atoms with van der Waals surface area (Å²) in [5.41, 5.74) is 1.05. The minimum atomic E-state index is -3.62. The summed E-state index contributed by atoms with van der Waals surface area (Å²) in [5, 5.41) is 3.10. The summed E-state index contributed by atoms with van der Waals surface area (Å²) in [6, 6.07) is 5.10. The fraction of sp³-hybridized carbons (Fsp3) is 0.632. The molecule has 3 rings (SSSR count). The van der Waals surface area contributed by atoms with Gasteiger partial charge in [-0.1, -0.05) is 25.8 Å². The van der Waals surface area contributed by atoms with Gasteiger partial charge in [0, 0.05) is 24.7 Å². The van der Waals surface area contributed by atoms with E-state index in [1.54, 1.807) is 19.1 Å². The molecular formula is C19H28N2O4S. The van der Waals surface area contributed by atoms with Crippen molar-refractivity contribution in [3.63, 3.8) is 0 Å². The number of carbonyl (C=O) groups is 1. The van der Waals surface area contributed by atoms with Crippen molar-refractivity contribution in [2.24, 2.45) is 5.92 Å². The number of hydrogen-bond acceptors (Lipinski definition) is 4. The van der Waals surface area contributed by atoms with Gasteiger partial charge in [0.15, 0.2) is 0 Å². The molecule has 1 saturated heterocycles. The van der Waals surface area contributed by atoms with Crippen LogP contribution in [0, 0.1) is 12.8 Å². The van der Waals surface area contributed by atoms with Gasteiger partial charge in [0.25, 0.3) is 5.91 Å². The second-order valence-corrected chi connectivity index (χ2v) is 9.24. The van der Waals surface area contributed by atoms with Crippen molar-refractivity contribution in [1.82, 2.24) is 9.62 Å². The zero-order chi connectivity index (χ0) is 18.7. The monoisotopic (exact) mass is 380 g/mol. The molecule has 0 unspecified atom stereocenters. The predicted octanol–water partition coefficient (Wildman–Crippen LogP) is 2.32. The minimum absolute atomic E-state index is 0.164. The second-order valence-electron chi connectivity index (χ2n) is 7.34. The Labute approximate surface area is 156 Å². The van der Waals surface area contributed by atoms with Gasteiger partial charge in [-0.05, 0) is 43.4 Å². The summed E-state index contributed by atoms with van der Waals surface area (Å²) < 4.78 is 32.6. The Kier molecular flexibility index (Phi) is 5.99. The smallest absolute Gasteiger partial charge is 0.251 e. The molecule has 1 aromatic carbocycles. The Morgan fingerprint density at radius 2 is 1.88 bits per heavy atom. The Bertz CT molecular complexity index is 757. The zero-order valence-corrected chi connectivity index (χ0v) is 16.3. The van der Waals surface area contributed by atoms with Crippen molar-refractivity contribution in [1.29, 1.82) is 0 Å². The predicted molar refractivity (Wildman–Crippen MR) is 99.6 cm³/mol. The summed E-state index contributed by atoms with van der Waals surface area (Å²) >= 11 is 0. The summed E-state index contributed by atoms with van der Waals surface area (Å²) in [5.74, 6) is 0.261. The van der Waals surface area contributed by atoms with Crippen molar-refractivity contribution in [3.8, 4) is 0 Å². The van der Waals surface area contributed by atoms with E-state index in [1.807, 2.05) is 0 Å². The van der Waals surface area contributed by atoms with Crippen LogP contribution in [-0.4, -0.2) is 51.0 Å². The number of sulfonamides is 1. The van der Waals surface area contributed by atoms with Gasteiger partial charge in [-0.15, -0.1) is 0 Å². The second kappa shape index (κ2) is 8.06. The third-order valence-corrected chi connectivity index (χ3v) is 7.51. The summed E-state index contributed by atoms with van der Waals surface area (Å²) in [6.45, 7) is 5.41. The largest absolute Gasteiger partial charge is 0.379 e. The van der Waals surface area contributed by atoms with Crippen LogP contribution in [0.25, 0.3) is 0 Å². The molecule has 1 heterocycles. The Morgan fingerprint density at radius 3 is 2.58 bits per heavy atom. The molecule has 0 bridgehead atoms. The molecule has 144 valence electrons. The first-order valence-corrected chi connectivity index (χ1v) is 10.8. The summed E-state index contributed by atoms with van der Waals surface area (Å²) in [7, 11) is -3.62. The maximum absolute atomic E-state index is 13.0. The molecule has 2 aliphatic rings. The fourth-order valence-corrected chi connectivity index (χ4v) is 5.39. The van der Waals surface area contributed by atoms with E-state index in [0.717, 1.165) is 19.3 Å². The normalized spacial score (nSPS) is 25.0. The lowest BCUT2D eigenvalue weighted by atomic mass is 9.86. The van der Waals surface area contributed by atoms with Crippen LogP contribution >= 0.6 is 0 Å². The molecule has 0 aromatic heterocycles. The van der Waals surface area contributed by atoms with E-state index in [4.69, 9.17) is 4.74 Å². The molecule has 1 N–H and O–H groups in total. The topological polar surface area (TPSA) is 75.7 Å². The molecule has 1 saturated carbocycles. The quantitative estimate of drug-likeness (QED) is 0.870. The van der Waals surface area contributed by atoms with E-state index in [-0.39, 0.29) is 16.8 Å². The molecule has 0 spiro atoms. The third-order valence-electron chi connectivity index (χ3n) is 5.47. The minimum Gasteiger partial charge on any atom is -0.379 e. The first-order chi connectivity index (χ1) is 12.4. The van der Waals surface area contributed by atoms with E-state index >= 15 is 0 Å². The molecule has 1 aliphatic carbocycles. The number of amides is 1. The van der Waals surface area contributed by atoms with E-state index in [0.29, 0.717) is 43.3 Å². The zero-order valence-electron chi connectivity index (χ0n) is 15.5. The van der Waals surface area contributed by atoms with E-state index in [1.165, 1.54) is 16.8 Å². The van der Waals surface area contributed by atoms with Crippen molar-refractivity contribution >= 4 is 15.9 Å². The van der Waals surface area contributed by atoms with Crippen LogP contribution in [0.5, 0.6) is 0 Å². The maximum atomic E-state index is 13.0. The highest BCUT2D eigenvalue weighted by atomic mass is 32.2. The van der Waals surface area contributed by atoms with Crippen molar-refractivity contribution in [2.45, 2.75) is 50.5 Å². The lowest BCUT2D eigenvalue weighted by Gasteiger charge is -2.29. The van der Waals surface area contributed by atoms with Gasteiger partial charge < -0.3 is 10.1 Å². The molecular weight excluding hydrogens is 352 g/mol. The van der Waals surface area contributed by atoms with Crippen LogP contribution in [-0.2, 0) is 14.8 Å². The molecule has 2 atom stereocenters. The number of ether oxygens (including phenoxy) is 1. The molecule has 6 nitrogen and oxygen atoms in total. The number of rotatable bonds is 4. The van der Waals surface area contributed by atoms with Gasteiger partial charge in [-0.2, -0.15) is 4.31 Å². The number of aryl methyl sites for hydroxylation is 1. The van der Waals surface area contributed by atoms with Gasteiger partial charge >= 0.3 is 0 Å². The van der Waals surface area contributed by atoms with Crippen LogP contribution in [0.15, 0.2) is 23.1 Å². The van der Waals surface area contributed by atoms with Gasteiger partial charge in [-0.3, -0.25) is 4.79 Å². The number of nitrogens with one attached hydrogen (secondary N) is 1. The Balaban J connectivity index is 1.81. The number of carbonyl (C=O) groups excluding carboxylic acids is 1. The lowest BCUT2D eigenvalue weighted by molar-refractivity contribution is 0.0730. The first kappa shape index (κ1) is 19.3. The molecule has 7 heteroatoms. The van der Waals surface area contributed by atoms with Gasteiger partial charge in [-0.25, -0.2) is 8.42 Å². The molecule has 1 aromatic rings. The first-order valence-electron chi connectivity index (χ1n) is 9.39. The van der Waals surface area contributed by atoms with E-state index < -0.39 is 10.0 Å². The number of nitrogens with zero attached hydrogens (tertiary/aromatic N) is 1. The SMILES string of the molecule is Cc1ccc(C(=O)N[C@@H]2CCCC[C@H]2C)cc1S(=O)(=O)N1CCOCC1. The highest BCUT2D eigenvalue weighted by Crippen LogP contribution is 2.25. The standard InChI is InChI=1S/C19H28N2O4S/c1-14-5-3-4-6-17(14)20-19(22)16-8-7-15(2)18(13-16)26(23,24)21-9-11-25-12-10-21/h7-8,13-14,17H,3-6,9-12H2,1-2H3,(H,20,22)/t14-,17-/m1/s1. The van der Waals surface area contributed by atoms with Crippen molar-refractivity contribution in [3.05, 3.63) is 29.3 Å². The molecule has 1 aliphatic heterocycles. The van der Waals surface area contributed by atoms with Gasteiger partial charge in [0.1, 0.15) is 0 Å². The number of morpholine rings is 1. The molecule has 26 heavy (non-hydrogen) atoms. The highest BCUT2D eigenvalue weighted by Gasteiger charge is 2.29. The van der Waals surface area contributed by atoms with Gasteiger partial charge in [0.2, 0.25) is 10.0 Å². The number of hydrogen-bond donors (Lipinski definition) is 1. The third kappa shape index (κ3) is 4.10. The average molecular weight is 381 g/mol. The maximum Gasteiger partial charge on any atom is 0.251 e. The fourth-order valence-electron chi connectivity index (χ4n) is 3.73. The Morgan fingerprint density at radius 1 is 1.19 bits per heavy atom. The van der Waals surface area contributed by atoms with Crippen molar-refractivity contribution < 1.29 is 17.9 Å². The van der Waals surface area contributed by atoms with Crippen LogP contribution in [0.3, 0.4) is 0 Å². The van der Waals surface area contributed by atoms with Crippen LogP contribution in [0.2, 0.25) is 0 Å². The lowest BCUT2D eigenvalue weighted by Crippen LogP contribution is -2.42. The van der Waals surface area contributed by atoms with Crippen LogP contribution in [0.4, 0.5) is 0 Å². The van der Waals surface area contributed by atoms with Gasteiger partial charge in [0.05, 0.1) is 18.1 Å². The molecule has 0 radical (unpaired) electrons. The van der Waals surface area contributed by atoms with Crippen molar-refractivity contribution in [2.75, 3.05) is 26.3 Å². The van der Waals surface area contributed by atoms with E-state index in [2.05, 4.69) is 12.2 Å². The number of benzene rings is 1. The Hall–Kier alpha value is -1.44. The molecule has 2 fully saturated rings.